The molecule has 0 aliphatic carbocycles. The van der Waals surface area contributed by atoms with Gasteiger partial charge in [0.25, 0.3) is 0 Å². The van der Waals surface area contributed by atoms with Crippen molar-refractivity contribution in [3.05, 3.63) is 0 Å². The second-order valence-corrected chi connectivity index (χ2v) is 4.43. The van der Waals surface area contributed by atoms with E-state index < -0.39 is 0 Å². The molecular formula is C10H21N. The Morgan fingerprint density at radius 3 is 2.91 bits per heavy atom. The maximum Gasteiger partial charge on any atom is -0.00229 e. The molecule has 0 aromatic carbocycles. The van der Waals surface area contributed by atoms with Gasteiger partial charge in [-0.1, -0.05) is 27.2 Å². The summed E-state index contributed by atoms with van der Waals surface area (Å²) in [5.74, 6) is 0.863. The molecule has 1 N–H and O–H groups in total. The van der Waals surface area contributed by atoms with Crippen molar-refractivity contribution in [1.82, 2.24) is 5.32 Å². The van der Waals surface area contributed by atoms with Crippen molar-refractivity contribution in [3.8, 4) is 0 Å². The quantitative estimate of drug-likeness (QED) is 0.613. The predicted octanol–water partition coefficient (Wildman–Crippen LogP) is 2.42. The predicted molar refractivity (Wildman–Crippen MR) is 49.7 cm³/mol. The van der Waals surface area contributed by atoms with Gasteiger partial charge in [-0.15, -0.1) is 0 Å². The fourth-order valence-electron chi connectivity index (χ4n) is 2.08. The van der Waals surface area contributed by atoms with Gasteiger partial charge in [-0.3, -0.25) is 0 Å². The van der Waals surface area contributed by atoms with Crippen molar-refractivity contribution in [1.29, 1.82) is 0 Å². The lowest BCUT2D eigenvalue weighted by atomic mass is 9.78. The number of rotatable bonds is 1. The third kappa shape index (κ3) is 2.48. The second kappa shape index (κ2) is 3.57. The van der Waals surface area contributed by atoms with Gasteiger partial charge < -0.3 is 5.32 Å². The third-order valence-corrected chi connectivity index (χ3v) is 3.09. The average molecular weight is 155 g/mol. The molecule has 1 aliphatic heterocycles. The Balaban J connectivity index is 2.51. The van der Waals surface area contributed by atoms with Gasteiger partial charge in [-0.2, -0.15) is 0 Å². The van der Waals surface area contributed by atoms with E-state index in [1.165, 1.54) is 32.4 Å². The van der Waals surface area contributed by atoms with Crippen LogP contribution in [0.1, 0.15) is 40.0 Å². The third-order valence-electron chi connectivity index (χ3n) is 3.09. The minimum absolute atomic E-state index is 0.614. The van der Waals surface area contributed by atoms with Crippen LogP contribution in [0, 0.1) is 11.3 Å². The van der Waals surface area contributed by atoms with E-state index >= 15 is 0 Å². The number of nitrogens with one attached hydrogen (secondary N) is 1. The van der Waals surface area contributed by atoms with Gasteiger partial charge in [0.1, 0.15) is 0 Å². The monoisotopic (exact) mass is 155 g/mol. The summed E-state index contributed by atoms with van der Waals surface area (Å²) < 4.78 is 0. The second-order valence-electron chi connectivity index (χ2n) is 4.43. The number of hydrogen-bond donors (Lipinski definition) is 1. The molecule has 1 nitrogen and oxygen atoms in total. The summed E-state index contributed by atoms with van der Waals surface area (Å²) in [5.41, 5.74) is 0.614. The minimum Gasteiger partial charge on any atom is -0.316 e. The van der Waals surface area contributed by atoms with Gasteiger partial charge in [0.15, 0.2) is 0 Å². The van der Waals surface area contributed by atoms with Crippen LogP contribution in [0.5, 0.6) is 0 Å². The van der Waals surface area contributed by atoms with E-state index in [0.717, 1.165) is 5.92 Å². The molecule has 0 bridgehead atoms. The molecule has 66 valence electrons. The van der Waals surface area contributed by atoms with E-state index in [9.17, 15) is 0 Å². The molecule has 0 aromatic rings. The molecule has 0 spiro atoms. The highest BCUT2D eigenvalue weighted by molar-refractivity contribution is 4.80. The Bertz CT molecular complexity index is 122. The standard InChI is InChI=1S/C10H21N/c1-4-10(3)5-6-11-8-9(2)7-10/h9,11H,4-8H2,1-3H3. The first-order chi connectivity index (χ1) is 5.16. The van der Waals surface area contributed by atoms with Gasteiger partial charge in [0, 0.05) is 0 Å². The molecule has 1 rings (SSSR count). The van der Waals surface area contributed by atoms with Crippen LogP contribution in [0.25, 0.3) is 0 Å². The van der Waals surface area contributed by atoms with Gasteiger partial charge in [-0.05, 0) is 37.3 Å². The summed E-state index contributed by atoms with van der Waals surface area (Å²) in [7, 11) is 0. The molecule has 0 aromatic heterocycles. The van der Waals surface area contributed by atoms with Crippen LogP contribution in [0.3, 0.4) is 0 Å². The lowest BCUT2D eigenvalue weighted by Crippen LogP contribution is -2.18. The average Bonchev–Trinajstić information content (AvgIpc) is 2.13. The zero-order chi connectivity index (χ0) is 8.32. The molecule has 11 heavy (non-hydrogen) atoms. The van der Waals surface area contributed by atoms with Crippen LogP contribution in [-0.4, -0.2) is 13.1 Å². The van der Waals surface area contributed by atoms with Crippen LogP contribution in [0.15, 0.2) is 0 Å². The molecule has 1 aliphatic rings. The maximum absolute atomic E-state index is 3.49. The minimum atomic E-state index is 0.614. The summed E-state index contributed by atoms with van der Waals surface area (Å²) in [6.45, 7) is 9.53. The molecule has 1 heteroatoms. The lowest BCUT2D eigenvalue weighted by molar-refractivity contribution is 0.245. The topological polar surface area (TPSA) is 12.0 Å². The molecule has 1 heterocycles. The first-order valence-corrected chi connectivity index (χ1v) is 4.87. The van der Waals surface area contributed by atoms with Crippen LogP contribution in [0.4, 0.5) is 0 Å². The molecule has 0 radical (unpaired) electrons. The van der Waals surface area contributed by atoms with E-state index in [-0.39, 0.29) is 0 Å². The van der Waals surface area contributed by atoms with Gasteiger partial charge >= 0.3 is 0 Å². The van der Waals surface area contributed by atoms with Crippen LogP contribution in [0.2, 0.25) is 0 Å². The highest BCUT2D eigenvalue weighted by Gasteiger charge is 2.26. The highest BCUT2D eigenvalue weighted by atomic mass is 14.9. The fourth-order valence-corrected chi connectivity index (χ4v) is 2.08. The Labute approximate surface area is 70.6 Å². The Hall–Kier alpha value is -0.0400. The molecule has 0 amide bonds. The van der Waals surface area contributed by atoms with Crippen LogP contribution < -0.4 is 5.32 Å². The van der Waals surface area contributed by atoms with E-state index in [1.54, 1.807) is 0 Å². The van der Waals surface area contributed by atoms with Crippen molar-refractivity contribution in [2.75, 3.05) is 13.1 Å². The SMILES string of the molecule is CCC1(C)CCNCC(C)C1. The van der Waals surface area contributed by atoms with Crippen molar-refractivity contribution in [2.45, 2.75) is 40.0 Å². The highest BCUT2D eigenvalue weighted by Crippen LogP contribution is 2.34. The van der Waals surface area contributed by atoms with Crippen molar-refractivity contribution in [3.63, 3.8) is 0 Å². The van der Waals surface area contributed by atoms with Gasteiger partial charge in [0.05, 0.1) is 0 Å². The molecule has 1 fully saturated rings. The van der Waals surface area contributed by atoms with E-state index in [0.29, 0.717) is 5.41 Å². The molecule has 1 saturated heterocycles. The summed E-state index contributed by atoms with van der Waals surface area (Å²) in [5, 5.41) is 3.49. The van der Waals surface area contributed by atoms with Crippen molar-refractivity contribution < 1.29 is 0 Å². The number of hydrogen-bond acceptors (Lipinski definition) is 1. The maximum atomic E-state index is 3.49. The van der Waals surface area contributed by atoms with E-state index in [4.69, 9.17) is 0 Å². The summed E-state index contributed by atoms with van der Waals surface area (Å²) >= 11 is 0. The Morgan fingerprint density at radius 1 is 1.55 bits per heavy atom. The van der Waals surface area contributed by atoms with Gasteiger partial charge in [-0.25, -0.2) is 0 Å². The summed E-state index contributed by atoms with van der Waals surface area (Å²) in [4.78, 5) is 0. The largest absolute Gasteiger partial charge is 0.316 e. The summed E-state index contributed by atoms with van der Waals surface area (Å²) in [6.07, 6.45) is 4.09. The first kappa shape index (κ1) is 9.05. The summed E-state index contributed by atoms with van der Waals surface area (Å²) in [6, 6.07) is 0. The molecule has 2 unspecified atom stereocenters. The zero-order valence-corrected chi connectivity index (χ0v) is 8.11. The van der Waals surface area contributed by atoms with Crippen molar-refractivity contribution >= 4 is 0 Å². The Kier molecular flexibility index (Phi) is 2.94. The Morgan fingerprint density at radius 2 is 2.27 bits per heavy atom. The van der Waals surface area contributed by atoms with Gasteiger partial charge in [0.2, 0.25) is 0 Å². The van der Waals surface area contributed by atoms with E-state index in [1.807, 2.05) is 0 Å². The smallest absolute Gasteiger partial charge is 0.00229 e. The lowest BCUT2D eigenvalue weighted by Gasteiger charge is -2.27. The molecule has 0 saturated carbocycles. The molecule has 2 atom stereocenters. The van der Waals surface area contributed by atoms with E-state index in [2.05, 4.69) is 26.1 Å². The zero-order valence-electron chi connectivity index (χ0n) is 8.11. The fraction of sp³-hybridized carbons (Fsp3) is 1.00. The van der Waals surface area contributed by atoms with Crippen LogP contribution >= 0.6 is 0 Å². The normalized spacial score (nSPS) is 40.1. The van der Waals surface area contributed by atoms with Crippen LogP contribution in [-0.2, 0) is 0 Å². The first-order valence-electron chi connectivity index (χ1n) is 4.87. The molecular weight excluding hydrogens is 134 g/mol. The van der Waals surface area contributed by atoms with Crippen molar-refractivity contribution in [2.24, 2.45) is 11.3 Å².